The third-order valence-electron chi connectivity index (χ3n) is 6.70. The number of amides is 1. The summed E-state index contributed by atoms with van der Waals surface area (Å²) in [7, 11) is 3.31. The molecular formula is C25H26FN5O3. The smallest absolute Gasteiger partial charge is 0.269 e. The Labute approximate surface area is 196 Å². The van der Waals surface area contributed by atoms with Crippen LogP contribution in [0.15, 0.2) is 24.4 Å². The first-order valence-corrected chi connectivity index (χ1v) is 11.1. The zero-order valence-electron chi connectivity index (χ0n) is 19.3. The number of imidazole rings is 1. The number of ether oxygens (including phenoxy) is 1. The Morgan fingerprint density at radius 3 is 2.82 bits per heavy atom. The number of hydrogen-bond donors (Lipinski definition) is 2. The number of aromatic nitrogens is 4. The molecule has 0 saturated heterocycles. The van der Waals surface area contributed by atoms with E-state index in [4.69, 9.17) is 10.5 Å². The summed E-state index contributed by atoms with van der Waals surface area (Å²) in [4.78, 5) is 17.0. The van der Waals surface area contributed by atoms with Gasteiger partial charge in [0.05, 0.1) is 17.9 Å². The van der Waals surface area contributed by atoms with E-state index in [0.29, 0.717) is 12.2 Å². The number of nitrogens with zero attached hydrogens (tertiary/aromatic N) is 4. The highest BCUT2D eigenvalue weighted by atomic mass is 19.1. The minimum atomic E-state index is -1.41. The Morgan fingerprint density at radius 1 is 1.41 bits per heavy atom. The van der Waals surface area contributed by atoms with E-state index in [1.165, 1.54) is 20.1 Å². The van der Waals surface area contributed by atoms with Crippen molar-refractivity contribution in [2.45, 2.75) is 43.7 Å². The van der Waals surface area contributed by atoms with Gasteiger partial charge in [0.25, 0.3) is 5.91 Å². The van der Waals surface area contributed by atoms with Crippen LogP contribution in [0.3, 0.4) is 0 Å². The van der Waals surface area contributed by atoms with E-state index in [2.05, 4.69) is 26.5 Å². The highest BCUT2D eigenvalue weighted by molar-refractivity contribution is 5.93. The van der Waals surface area contributed by atoms with Crippen LogP contribution in [0, 0.1) is 17.7 Å². The van der Waals surface area contributed by atoms with Crippen LogP contribution in [0.5, 0.6) is 0 Å². The highest BCUT2D eigenvalue weighted by Gasteiger charge is 2.41. The Balaban J connectivity index is 1.67. The van der Waals surface area contributed by atoms with Gasteiger partial charge in [0.1, 0.15) is 22.9 Å². The summed E-state index contributed by atoms with van der Waals surface area (Å²) in [6.45, 7) is 1.51. The molecule has 8 nitrogen and oxygen atoms in total. The number of methoxy groups -OCH3 is 1. The van der Waals surface area contributed by atoms with E-state index in [1.807, 2.05) is 13.1 Å². The van der Waals surface area contributed by atoms with Crippen molar-refractivity contribution in [2.75, 3.05) is 13.7 Å². The molecular weight excluding hydrogens is 437 g/mol. The monoisotopic (exact) mass is 463 g/mol. The van der Waals surface area contributed by atoms with Crippen molar-refractivity contribution in [2.24, 2.45) is 12.8 Å². The lowest BCUT2D eigenvalue weighted by Gasteiger charge is -2.35. The maximum Gasteiger partial charge on any atom is 0.269 e. The van der Waals surface area contributed by atoms with Crippen LogP contribution in [-0.2, 0) is 18.2 Å². The van der Waals surface area contributed by atoms with Gasteiger partial charge in [-0.1, -0.05) is 11.8 Å². The number of halogens is 1. The number of rotatable bonds is 5. The number of hydrogen-bond acceptors (Lipinski definition) is 5. The molecule has 1 atom stereocenters. The Hall–Kier alpha value is -3.48. The first-order valence-electron chi connectivity index (χ1n) is 11.1. The van der Waals surface area contributed by atoms with Crippen molar-refractivity contribution in [3.05, 3.63) is 58.4 Å². The number of benzene rings is 1. The van der Waals surface area contributed by atoms with Gasteiger partial charge in [-0.05, 0) is 49.4 Å². The Kier molecular flexibility index (Phi) is 5.30. The molecule has 9 heteroatoms. The summed E-state index contributed by atoms with van der Waals surface area (Å²) < 4.78 is 23.8. The van der Waals surface area contributed by atoms with Crippen LogP contribution in [0.1, 0.15) is 64.7 Å². The highest BCUT2D eigenvalue weighted by Crippen LogP contribution is 2.53. The van der Waals surface area contributed by atoms with Gasteiger partial charge >= 0.3 is 0 Å². The normalized spacial score (nSPS) is 19.7. The van der Waals surface area contributed by atoms with Crippen molar-refractivity contribution >= 4 is 5.91 Å². The fourth-order valence-corrected chi connectivity index (χ4v) is 4.95. The summed E-state index contributed by atoms with van der Waals surface area (Å²) >= 11 is 0. The molecule has 0 unspecified atom stereocenters. The molecule has 2 aliphatic heterocycles. The van der Waals surface area contributed by atoms with Gasteiger partial charge in [-0.2, -0.15) is 5.10 Å². The maximum atomic E-state index is 15.0. The van der Waals surface area contributed by atoms with Gasteiger partial charge in [0.2, 0.25) is 0 Å². The molecule has 176 valence electrons. The number of carbonyl (C=O) groups excluding carboxylic acids is 1. The van der Waals surface area contributed by atoms with E-state index in [-0.39, 0.29) is 29.8 Å². The van der Waals surface area contributed by atoms with Crippen molar-refractivity contribution in [3.63, 3.8) is 0 Å². The molecule has 1 fully saturated rings. The van der Waals surface area contributed by atoms with Crippen molar-refractivity contribution in [3.8, 4) is 23.2 Å². The van der Waals surface area contributed by atoms with Crippen LogP contribution >= 0.6 is 0 Å². The molecule has 1 saturated carbocycles. The molecule has 0 radical (unpaired) electrons. The second kappa shape index (κ2) is 8.08. The topological polar surface area (TPSA) is 108 Å². The summed E-state index contributed by atoms with van der Waals surface area (Å²) in [6.07, 6.45) is 3.83. The van der Waals surface area contributed by atoms with Gasteiger partial charge < -0.3 is 20.1 Å². The predicted octanol–water partition coefficient (Wildman–Crippen LogP) is 2.29. The fourth-order valence-electron chi connectivity index (χ4n) is 4.95. The molecule has 2 bridgehead atoms. The third-order valence-corrected chi connectivity index (χ3v) is 6.70. The van der Waals surface area contributed by atoms with Gasteiger partial charge in [-0.15, -0.1) is 0 Å². The summed E-state index contributed by atoms with van der Waals surface area (Å²) in [5, 5.41) is 14.5. The van der Waals surface area contributed by atoms with Crippen molar-refractivity contribution in [1.82, 2.24) is 19.3 Å². The fraction of sp³-hybridized carbons (Fsp3) is 0.400. The molecule has 1 aliphatic carbocycles. The molecule has 3 aliphatic rings. The molecule has 1 amide bonds. The first-order chi connectivity index (χ1) is 16.2. The van der Waals surface area contributed by atoms with Gasteiger partial charge in [0, 0.05) is 44.1 Å². The van der Waals surface area contributed by atoms with Crippen LogP contribution in [0.2, 0.25) is 0 Å². The summed E-state index contributed by atoms with van der Waals surface area (Å²) in [5.74, 6) is 5.19. The van der Waals surface area contributed by atoms with Crippen LogP contribution in [0.4, 0.5) is 4.39 Å². The number of aryl methyl sites for hydroxylation is 1. The van der Waals surface area contributed by atoms with Gasteiger partial charge in [-0.25, -0.2) is 9.37 Å². The molecule has 1 aromatic carbocycles. The third kappa shape index (κ3) is 3.69. The quantitative estimate of drug-likeness (QED) is 0.565. The van der Waals surface area contributed by atoms with Crippen molar-refractivity contribution < 1.29 is 19.0 Å². The van der Waals surface area contributed by atoms with Crippen LogP contribution in [-0.4, -0.2) is 49.7 Å². The largest absolute Gasteiger partial charge is 0.381 e. The van der Waals surface area contributed by atoms with E-state index in [0.717, 1.165) is 35.4 Å². The van der Waals surface area contributed by atoms with E-state index in [1.54, 1.807) is 16.9 Å². The second-order valence-electron chi connectivity index (χ2n) is 9.29. The SMILES string of the molecule is COC[C@](C)(O)C#Cc1cc2c(cc1F)C1CC(C1)n1c-2nc(C(N)=O)c1Cc1ccnn1C. The number of carbonyl (C=O) groups is 1. The molecule has 3 aromatic rings. The molecule has 34 heavy (non-hydrogen) atoms. The minimum Gasteiger partial charge on any atom is -0.381 e. The van der Waals surface area contributed by atoms with Gasteiger partial charge in [-0.3, -0.25) is 9.48 Å². The van der Waals surface area contributed by atoms with Gasteiger partial charge in [0.15, 0.2) is 0 Å². The maximum absolute atomic E-state index is 15.0. The molecule has 4 heterocycles. The Bertz CT molecular complexity index is 1350. The average Bonchev–Trinajstić information content (AvgIpc) is 3.24. The van der Waals surface area contributed by atoms with Crippen LogP contribution < -0.4 is 5.73 Å². The molecule has 6 rings (SSSR count). The van der Waals surface area contributed by atoms with E-state index in [9.17, 15) is 9.90 Å². The minimum absolute atomic E-state index is 0.0000627. The molecule has 0 spiro atoms. The average molecular weight is 464 g/mol. The van der Waals surface area contributed by atoms with E-state index >= 15 is 4.39 Å². The summed E-state index contributed by atoms with van der Waals surface area (Å²) in [5.41, 5.74) is 7.94. The zero-order chi connectivity index (χ0) is 24.2. The zero-order valence-corrected chi connectivity index (χ0v) is 19.3. The number of primary amides is 1. The lowest BCUT2D eigenvalue weighted by atomic mass is 9.75. The van der Waals surface area contributed by atoms with E-state index < -0.39 is 17.3 Å². The lowest BCUT2D eigenvalue weighted by molar-refractivity contribution is 0.0274. The molecule has 3 N–H and O–H groups in total. The second-order valence-corrected chi connectivity index (χ2v) is 9.29. The molecule has 2 aromatic heterocycles. The number of nitrogens with two attached hydrogens (primary N) is 1. The standard InChI is InChI=1S/C25H26FN5O3/c1-25(33,13-34-3)6-4-14-10-19-18(12-20(14)26)15-8-17(9-15)31-21(11-16-5-7-28-30(16)2)22(23(27)32)29-24(19)31/h5,7,10,12,15,17,33H,8-9,11,13H2,1-3H3,(H2,27,32)/t15?,17?,25-/m1/s1. The van der Waals surface area contributed by atoms with Crippen LogP contribution in [0.25, 0.3) is 11.4 Å². The lowest BCUT2D eigenvalue weighted by Crippen LogP contribution is -2.27. The first kappa shape index (κ1) is 22.3. The predicted molar refractivity (Wildman–Crippen MR) is 123 cm³/mol. The summed E-state index contributed by atoms with van der Waals surface area (Å²) in [6, 6.07) is 5.23. The Morgan fingerprint density at radius 2 is 2.18 bits per heavy atom. The van der Waals surface area contributed by atoms with Crippen molar-refractivity contribution in [1.29, 1.82) is 0 Å². The number of aliphatic hydroxyl groups is 1.